The van der Waals surface area contributed by atoms with Crippen molar-refractivity contribution in [1.29, 1.82) is 0 Å². The molecule has 1 heterocycles. The van der Waals surface area contributed by atoms with Gasteiger partial charge >= 0.3 is 0 Å². The van der Waals surface area contributed by atoms with Crippen LogP contribution in [0.4, 0.5) is 4.39 Å². The Morgan fingerprint density at radius 3 is 2.83 bits per heavy atom. The third-order valence-electron chi connectivity index (χ3n) is 2.70. The summed E-state index contributed by atoms with van der Waals surface area (Å²) >= 11 is 1.58. The molecule has 0 radical (unpaired) electrons. The first-order chi connectivity index (χ1) is 8.58. The average molecular weight is 263 g/mol. The number of amides is 1. The molecule has 0 spiro atoms. The highest BCUT2D eigenvalue weighted by molar-refractivity contribution is 7.07. The Balaban J connectivity index is 2.17. The Hall–Kier alpha value is -1.68. The van der Waals surface area contributed by atoms with Crippen molar-refractivity contribution in [3.63, 3.8) is 0 Å². The van der Waals surface area contributed by atoms with Gasteiger partial charge in [0, 0.05) is 13.6 Å². The SMILES string of the molecule is Cc1ccc(F)c(C(=O)N(C)Cc2ccsc2)c1. The molecule has 0 aliphatic carbocycles. The van der Waals surface area contributed by atoms with E-state index in [4.69, 9.17) is 0 Å². The number of benzene rings is 1. The standard InChI is InChI=1S/C14H14FNOS/c1-10-3-4-13(15)12(7-10)14(17)16(2)8-11-5-6-18-9-11/h3-7,9H,8H2,1-2H3. The van der Waals surface area contributed by atoms with Crippen molar-refractivity contribution < 1.29 is 9.18 Å². The van der Waals surface area contributed by atoms with Crippen molar-refractivity contribution >= 4 is 17.2 Å². The second kappa shape index (κ2) is 5.31. The minimum Gasteiger partial charge on any atom is -0.337 e. The van der Waals surface area contributed by atoms with Gasteiger partial charge in [0.2, 0.25) is 0 Å². The lowest BCUT2D eigenvalue weighted by molar-refractivity contribution is 0.0780. The van der Waals surface area contributed by atoms with Crippen LogP contribution in [0.3, 0.4) is 0 Å². The van der Waals surface area contributed by atoms with E-state index >= 15 is 0 Å². The summed E-state index contributed by atoms with van der Waals surface area (Å²) in [6, 6.07) is 6.54. The molecule has 2 aromatic rings. The van der Waals surface area contributed by atoms with Gasteiger partial charge < -0.3 is 4.90 Å². The van der Waals surface area contributed by atoms with E-state index in [1.165, 1.54) is 11.0 Å². The van der Waals surface area contributed by atoms with Crippen LogP contribution in [0.2, 0.25) is 0 Å². The van der Waals surface area contributed by atoms with Crippen LogP contribution in [0.15, 0.2) is 35.0 Å². The first kappa shape index (κ1) is 12.8. The fraction of sp³-hybridized carbons (Fsp3) is 0.214. The molecule has 2 rings (SSSR count). The third kappa shape index (κ3) is 2.76. The minimum atomic E-state index is -0.470. The largest absolute Gasteiger partial charge is 0.337 e. The molecule has 2 nitrogen and oxygen atoms in total. The van der Waals surface area contributed by atoms with Crippen molar-refractivity contribution in [2.45, 2.75) is 13.5 Å². The lowest BCUT2D eigenvalue weighted by Gasteiger charge is -2.17. The fourth-order valence-electron chi connectivity index (χ4n) is 1.74. The smallest absolute Gasteiger partial charge is 0.256 e. The van der Waals surface area contributed by atoms with Crippen molar-refractivity contribution in [3.05, 3.63) is 57.5 Å². The summed E-state index contributed by atoms with van der Waals surface area (Å²) in [5.41, 5.74) is 2.07. The monoisotopic (exact) mass is 263 g/mol. The van der Waals surface area contributed by atoms with E-state index in [-0.39, 0.29) is 11.5 Å². The number of nitrogens with zero attached hydrogens (tertiary/aromatic N) is 1. The molecule has 0 saturated heterocycles. The Bertz CT molecular complexity index is 551. The van der Waals surface area contributed by atoms with Gasteiger partial charge in [-0.1, -0.05) is 11.6 Å². The molecule has 0 unspecified atom stereocenters. The number of aryl methyl sites for hydroxylation is 1. The van der Waals surface area contributed by atoms with Gasteiger partial charge in [-0.05, 0) is 41.4 Å². The summed E-state index contributed by atoms with van der Waals surface area (Å²) in [4.78, 5) is 13.7. The molecule has 0 fully saturated rings. The number of carbonyl (C=O) groups excluding carboxylic acids is 1. The zero-order valence-electron chi connectivity index (χ0n) is 10.3. The Labute approximate surface area is 110 Å². The van der Waals surface area contributed by atoms with E-state index in [0.717, 1.165) is 11.1 Å². The van der Waals surface area contributed by atoms with Gasteiger partial charge in [-0.25, -0.2) is 4.39 Å². The molecule has 0 aliphatic heterocycles. The lowest BCUT2D eigenvalue weighted by Crippen LogP contribution is -2.26. The van der Waals surface area contributed by atoms with Crippen LogP contribution in [0.1, 0.15) is 21.5 Å². The summed E-state index contributed by atoms with van der Waals surface area (Å²) in [5, 5.41) is 3.94. The molecular formula is C14H14FNOS. The van der Waals surface area contributed by atoms with Crippen LogP contribution in [0, 0.1) is 12.7 Å². The molecule has 1 aromatic carbocycles. The second-order valence-electron chi connectivity index (χ2n) is 4.28. The summed E-state index contributed by atoms with van der Waals surface area (Å²) in [6.45, 7) is 2.34. The van der Waals surface area contributed by atoms with E-state index in [1.807, 2.05) is 23.8 Å². The van der Waals surface area contributed by atoms with Crippen molar-refractivity contribution in [3.8, 4) is 0 Å². The number of rotatable bonds is 3. The zero-order chi connectivity index (χ0) is 13.1. The van der Waals surface area contributed by atoms with Crippen molar-refractivity contribution in [2.75, 3.05) is 7.05 Å². The molecular weight excluding hydrogens is 249 g/mol. The van der Waals surface area contributed by atoms with Crippen LogP contribution >= 0.6 is 11.3 Å². The van der Waals surface area contributed by atoms with Gasteiger partial charge in [0.15, 0.2) is 0 Å². The maximum atomic E-state index is 13.6. The summed E-state index contributed by atoms with van der Waals surface area (Å²) in [5.74, 6) is -0.759. The van der Waals surface area contributed by atoms with E-state index in [0.29, 0.717) is 6.54 Å². The molecule has 1 aromatic heterocycles. The van der Waals surface area contributed by atoms with Gasteiger partial charge in [0.05, 0.1) is 5.56 Å². The van der Waals surface area contributed by atoms with Crippen LogP contribution in [0.25, 0.3) is 0 Å². The molecule has 4 heteroatoms. The van der Waals surface area contributed by atoms with Crippen LogP contribution < -0.4 is 0 Å². The number of halogens is 1. The summed E-state index contributed by atoms with van der Waals surface area (Å²) in [6.07, 6.45) is 0. The van der Waals surface area contributed by atoms with Crippen LogP contribution in [-0.2, 0) is 6.54 Å². The van der Waals surface area contributed by atoms with E-state index in [2.05, 4.69) is 0 Å². The molecule has 0 bridgehead atoms. The summed E-state index contributed by atoms with van der Waals surface area (Å²) < 4.78 is 13.6. The molecule has 1 amide bonds. The van der Waals surface area contributed by atoms with Crippen molar-refractivity contribution in [2.24, 2.45) is 0 Å². The van der Waals surface area contributed by atoms with Crippen LogP contribution in [-0.4, -0.2) is 17.9 Å². The highest BCUT2D eigenvalue weighted by atomic mass is 32.1. The first-order valence-corrected chi connectivity index (χ1v) is 6.55. The molecule has 18 heavy (non-hydrogen) atoms. The first-order valence-electron chi connectivity index (χ1n) is 5.60. The highest BCUT2D eigenvalue weighted by Crippen LogP contribution is 2.15. The van der Waals surface area contributed by atoms with Gasteiger partial charge in [0.1, 0.15) is 5.82 Å². The summed E-state index contributed by atoms with van der Waals surface area (Å²) in [7, 11) is 1.68. The highest BCUT2D eigenvalue weighted by Gasteiger charge is 2.16. The number of thiophene rings is 1. The predicted molar refractivity (Wildman–Crippen MR) is 71.3 cm³/mol. The Kier molecular flexibility index (Phi) is 3.77. The minimum absolute atomic E-state index is 0.132. The van der Waals surface area contributed by atoms with Gasteiger partial charge in [-0.3, -0.25) is 4.79 Å². The second-order valence-corrected chi connectivity index (χ2v) is 5.06. The van der Waals surface area contributed by atoms with Crippen molar-refractivity contribution in [1.82, 2.24) is 4.90 Å². The zero-order valence-corrected chi connectivity index (χ0v) is 11.1. The molecule has 0 saturated carbocycles. The number of hydrogen-bond donors (Lipinski definition) is 0. The number of hydrogen-bond acceptors (Lipinski definition) is 2. The Morgan fingerprint density at radius 1 is 1.39 bits per heavy atom. The normalized spacial score (nSPS) is 10.4. The van der Waals surface area contributed by atoms with Gasteiger partial charge in [0.25, 0.3) is 5.91 Å². The molecule has 0 N–H and O–H groups in total. The Morgan fingerprint density at radius 2 is 2.17 bits per heavy atom. The van der Waals surface area contributed by atoms with E-state index < -0.39 is 5.82 Å². The lowest BCUT2D eigenvalue weighted by atomic mass is 10.1. The maximum absolute atomic E-state index is 13.6. The van der Waals surface area contributed by atoms with Crippen LogP contribution in [0.5, 0.6) is 0 Å². The molecule has 0 aliphatic rings. The van der Waals surface area contributed by atoms with Gasteiger partial charge in [-0.2, -0.15) is 11.3 Å². The fourth-order valence-corrected chi connectivity index (χ4v) is 2.40. The quantitative estimate of drug-likeness (QED) is 0.830. The van der Waals surface area contributed by atoms with Gasteiger partial charge in [-0.15, -0.1) is 0 Å². The number of carbonyl (C=O) groups is 1. The maximum Gasteiger partial charge on any atom is 0.256 e. The molecule has 0 atom stereocenters. The van der Waals surface area contributed by atoms with E-state index in [9.17, 15) is 9.18 Å². The topological polar surface area (TPSA) is 20.3 Å². The predicted octanol–water partition coefficient (Wildman–Crippen LogP) is 3.47. The third-order valence-corrected chi connectivity index (χ3v) is 3.43. The molecule has 94 valence electrons. The van der Waals surface area contributed by atoms with E-state index in [1.54, 1.807) is 30.5 Å². The average Bonchev–Trinajstić information content (AvgIpc) is 2.84.